The molecule has 2 aromatic heterocycles. The van der Waals surface area contributed by atoms with Gasteiger partial charge in [-0.2, -0.15) is 0 Å². The molecule has 5 nitrogen and oxygen atoms in total. The van der Waals surface area contributed by atoms with Gasteiger partial charge in [-0.3, -0.25) is 0 Å². The first kappa shape index (κ1) is 18.7. The molecule has 0 unspecified atom stereocenters. The zero-order chi connectivity index (χ0) is 19.0. The van der Waals surface area contributed by atoms with Crippen LogP contribution in [-0.2, 0) is 0 Å². The van der Waals surface area contributed by atoms with Crippen LogP contribution in [0.2, 0.25) is 5.02 Å². The van der Waals surface area contributed by atoms with Crippen molar-refractivity contribution in [2.24, 2.45) is 11.3 Å². The quantitative estimate of drug-likeness (QED) is 0.801. The lowest BCUT2D eigenvalue weighted by Gasteiger charge is -2.42. The van der Waals surface area contributed by atoms with E-state index in [1.807, 2.05) is 6.07 Å². The molecule has 1 saturated carbocycles. The van der Waals surface area contributed by atoms with Crippen LogP contribution in [0.4, 0.5) is 16.0 Å². The van der Waals surface area contributed by atoms with Crippen LogP contribution in [0.25, 0.3) is 0 Å². The Morgan fingerprint density at radius 3 is 2.67 bits per heavy atom. The first-order valence-electron chi connectivity index (χ1n) is 9.26. The van der Waals surface area contributed by atoms with Crippen LogP contribution in [-0.4, -0.2) is 34.2 Å². The van der Waals surface area contributed by atoms with E-state index in [1.54, 1.807) is 18.6 Å². The first-order valence-corrected chi connectivity index (χ1v) is 10.5. The number of nitrogens with two attached hydrogens (primary N) is 1. The zero-order valence-electron chi connectivity index (χ0n) is 15.2. The summed E-state index contributed by atoms with van der Waals surface area (Å²) in [4.78, 5) is 16.1. The van der Waals surface area contributed by atoms with Crippen LogP contribution in [0, 0.1) is 11.3 Å². The highest BCUT2D eigenvalue weighted by molar-refractivity contribution is 7.99. The van der Waals surface area contributed by atoms with Gasteiger partial charge >= 0.3 is 0 Å². The standard InChI is InChI=1S/C19H23ClFN5S/c1-12-8-13(21)9-19(12)3-6-26(7-4-19)15-10-25-16(11-24-15)27-14-2-5-23-18(22)17(14)20/h2,5,10-13H,3-4,6-9H2,1H3,(H2,22,23)/t12-,13+/m1/s1. The Balaban J connectivity index is 1.41. The Bertz CT molecular complexity index is 810. The molecule has 2 aliphatic rings. The van der Waals surface area contributed by atoms with Gasteiger partial charge in [0.25, 0.3) is 0 Å². The van der Waals surface area contributed by atoms with Gasteiger partial charge in [-0.05, 0) is 43.1 Å². The van der Waals surface area contributed by atoms with Gasteiger partial charge in [0.05, 0.1) is 17.4 Å². The number of anilines is 2. The Labute approximate surface area is 167 Å². The second-order valence-electron chi connectivity index (χ2n) is 7.61. The number of rotatable bonds is 3. The van der Waals surface area contributed by atoms with Gasteiger partial charge in [0.1, 0.15) is 22.8 Å². The fourth-order valence-electron chi connectivity index (χ4n) is 4.40. The van der Waals surface area contributed by atoms with Crippen molar-refractivity contribution in [2.45, 2.75) is 48.7 Å². The van der Waals surface area contributed by atoms with Crippen molar-refractivity contribution in [2.75, 3.05) is 23.7 Å². The van der Waals surface area contributed by atoms with Crippen molar-refractivity contribution in [1.29, 1.82) is 0 Å². The average Bonchev–Trinajstić information content (AvgIpc) is 2.93. The third-order valence-corrected chi connectivity index (χ3v) is 7.57. The molecule has 1 aliphatic heterocycles. The zero-order valence-corrected chi connectivity index (χ0v) is 16.8. The Morgan fingerprint density at radius 2 is 2.04 bits per heavy atom. The number of aromatic nitrogens is 3. The van der Waals surface area contributed by atoms with Crippen molar-refractivity contribution in [3.05, 3.63) is 29.7 Å². The van der Waals surface area contributed by atoms with Gasteiger partial charge in [-0.25, -0.2) is 19.3 Å². The highest BCUT2D eigenvalue weighted by Crippen LogP contribution is 2.51. The molecule has 4 rings (SSSR count). The molecule has 2 atom stereocenters. The second kappa shape index (κ2) is 7.43. The lowest BCUT2D eigenvalue weighted by atomic mass is 9.71. The number of piperidine rings is 1. The lowest BCUT2D eigenvalue weighted by Crippen LogP contribution is -2.41. The van der Waals surface area contributed by atoms with Crippen molar-refractivity contribution in [1.82, 2.24) is 15.0 Å². The van der Waals surface area contributed by atoms with Crippen LogP contribution in [0.15, 0.2) is 34.6 Å². The summed E-state index contributed by atoms with van der Waals surface area (Å²) in [7, 11) is 0. The molecule has 0 radical (unpaired) electrons. The summed E-state index contributed by atoms with van der Waals surface area (Å²) < 4.78 is 13.8. The molecular weight excluding hydrogens is 385 g/mol. The predicted molar refractivity (Wildman–Crippen MR) is 107 cm³/mol. The summed E-state index contributed by atoms with van der Waals surface area (Å²) >= 11 is 7.60. The monoisotopic (exact) mass is 407 g/mol. The predicted octanol–water partition coefficient (Wildman–Crippen LogP) is 4.61. The van der Waals surface area contributed by atoms with Crippen molar-refractivity contribution in [3.63, 3.8) is 0 Å². The molecule has 1 aliphatic carbocycles. The van der Waals surface area contributed by atoms with E-state index < -0.39 is 6.17 Å². The van der Waals surface area contributed by atoms with E-state index >= 15 is 0 Å². The second-order valence-corrected chi connectivity index (χ2v) is 9.05. The molecule has 27 heavy (non-hydrogen) atoms. The summed E-state index contributed by atoms with van der Waals surface area (Å²) in [6.45, 7) is 4.02. The summed E-state index contributed by atoms with van der Waals surface area (Å²) in [6.07, 6.45) is 8.05. The maximum atomic E-state index is 13.8. The van der Waals surface area contributed by atoms with Crippen molar-refractivity contribution >= 4 is 35.0 Å². The molecule has 2 N–H and O–H groups in total. The highest BCUT2D eigenvalue weighted by atomic mass is 35.5. The number of alkyl halides is 1. The topological polar surface area (TPSA) is 67.9 Å². The van der Waals surface area contributed by atoms with Crippen molar-refractivity contribution in [3.8, 4) is 0 Å². The summed E-state index contributed by atoms with van der Waals surface area (Å²) in [5, 5.41) is 1.19. The number of pyridine rings is 1. The van der Waals surface area contributed by atoms with Crippen LogP contribution in [0.3, 0.4) is 0 Å². The number of nitrogens with zero attached hydrogens (tertiary/aromatic N) is 4. The van der Waals surface area contributed by atoms with Gasteiger partial charge in [0, 0.05) is 24.2 Å². The highest BCUT2D eigenvalue weighted by Gasteiger charge is 2.46. The molecule has 144 valence electrons. The molecule has 0 aromatic carbocycles. The molecule has 0 amide bonds. The maximum Gasteiger partial charge on any atom is 0.147 e. The number of nitrogen functional groups attached to an aromatic ring is 1. The average molecular weight is 408 g/mol. The molecule has 0 bridgehead atoms. The number of halogens is 2. The maximum absolute atomic E-state index is 13.8. The van der Waals surface area contributed by atoms with E-state index in [4.69, 9.17) is 17.3 Å². The molecule has 1 saturated heterocycles. The van der Waals surface area contributed by atoms with Crippen LogP contribution >= 0.6 is 23.4 Å². The fraction of sp³-hybridized carbons (Fsp3) is 0.526. The van der Waals surface area contributed by atoms with E-state index in [0.717, 1.165) is 48.1 Å². The van der Waals surface area contributed by atoms with E-state index in [0.29, 0.717) is 23.2 Å². The van der Waals surface area contributed by atoms with Gasteiger partial charge in [0.15, 0.2) is 0 Å². The molecule has 3 heterocycles. The largest absolute Gasteiger partial charge is 0.382 e. The summed E-state index contributed by atoms with van der Waals surface area (Å²) in [5.41, 5.74) is 5.92. The Morgan fingerprint density at radius 1 is 1.26 bits per heavy atom. The van der Waals surface area contributed by atoms with Crippen LogP contribution in [0.1, 0.15) is 32.6 Å². The third kappa shape index (κ3) is 3.72. The molecule has 2 aromatic rings. The fourth-order valence-corrected chi connectivity index (χ4v) is 5.38. The van der Waals surface area contributed by atoms with Gasteiger partial charge in [-0.1, -0.05) is 30.3 Å². The molecule has 1 spiro atoms. The minimum absolute atomic E-state index is 0.178. The molecule has 2 fully saturated rings. The number of hydrogen-bond acceptors (Lipinski definition) is 6. The SMILES string of the molecule is C[C@@H]1C[C@H](F)CC12CCN(c1cnc(Sc3ccnc(N)c3Cl)cn1)CC2. The number of hydrogen-bond donors (Lipinski definition) is 1. The van der Waals surface area contributed by atoms with E-state index in [2.05, 4.69) is 26.8 Å². The third-order valence-electron chi connectivity index (χ3n) is 6.08. The summed E-state index contributed by atoms with van der Waals surface area (Å²) in [6, 6.07) is 1.81. The minimum Gasteiger partial charge on any atom is -0.382 e. The van der Waals surface area contributed by atoms with Gasteiger partial charge < -0.3 is 10.6 Å². The minimum atomic E-state index is -0.628. The normalized spacial score (nSPS) is 24.5. The smallest absolute Gasteiger partial charge is 0.147 e. The van der Waals surface area contributed by atoms with Crippen molar-refractivity contribution < 1.29 is 4.39 Å². The van der Waals surface area contributed by atoms with E-state index in [9.17, 15) is 4.39 Å². The van der Waals surface area contributed by atoms with Gasteiger partial charge in [-0.15, -0.1) is 0 Å². The van der Waals surface area contributed by atoms with Gasteiger partial charge in [0.2, 0.25) is 0 Å². The Hall–Kier alpha value is -1.60. The van der Waals surface area contributed by atoms with E-state index in [1.165, 1.54) is 11.8 Å². The Kier molecular flexibility index (Phi) is 5.16. The summed E-state index contributed by atoms with van der Waals surface area (Å²) in [5.74, 6) is 1.65. The van der Waals surface area contributed by atoms with Crippen LogP contribution in [0.5, 0.6) is 0 Å². The molecular formula is C19H23ClFN5S. The lowest BCUT2D eigenvalue weighted by molar-refractivity contribution is 0.155. The van der Waals surface area contributed by atoms with Crippen LogP contribution < -0.4 is 10.6 Å². The van der Waals surface area contributed by atoms with E-state index in [-0.39, 0.29) is 5.41 Å². The molecule has 8 heteroatoms. The first-order chi connectivity index (χ1) is 13.0.